The van der Waals surface area contributed by atoms with Gasteiger partial charge in [-0.3, -0.25) is 10.1 Å². The molecule has 2 N–H and O–H groups in total. The second kappa shape index (κ2) is 7.84. The number of hydrogen-bond donors (Lipinski definition) is 2. The number of nitro benzene ring substituents is 1. The summed E-state index contributed by atoms with van der Waals surface area (Å²) in [7, 11) is 0. The highest BCUT2D eigenvalue weighted by Crippen LogP contribution is 2.27. The standard InChI is InChI=1S/C14H20ClN3O4/c1-14(2,3)22-13(19)17-8-4-7-16-10-5-6-12(18(20)21)11(15)9-10/h5-6,9,16H,4,7-8H2,1-3H3,(H,17,19). The van der Waals surface area contributed by atoms with Gasteiger partial charge in [0.1, 0.15) is 10.6 Å². The number of rotatable bonds is 6. The van der Waals surface area contributed by atoms with Crippen molar-refractivity contribution < 1.29 is 14.5 Å². The molecule has 1 amide bonds. The maximum atomic E-state index is 11.4. The summed E-state index contributed by atoms with van der Waals surface area (Å²) in [6.45, 7) is 6.44. The van der Waals surface area contributed by atoms with E-state index < -0.39 is 16.6 Å². The molecule has 0 aliphatic rings. The summed E-state index contributed by atoms with van der Waals surface area (Å²) in [5.74, 6) is 0. The Morgan fingerprint density at radius 1 is 1.36 bits per heavy atom. The van der Waals surface area contributed by atoms with Crippen LogP contribution in [-0.2, 0) is 4.74 Å². The van der Waals surface area contributed by atoms with Crippen LogP contribution < -0.4 is 10.6 Å². The van der Waals surface area contributed by atoms with E-state index in [1.807, 2.05) is 0 Å². The zero-order valence-corrected chi connectivity index (χ0v) is 13.6. The number of halogens is 1. The number of hydrogen-bond acceptors (Lipinski definition) is 5. The van der Waals surface area contributed by atoms with Crippen molar-refractivity contribution in [2.45, 2.75) is 32.8 Å². The SMILES string of the molecule is CC(C)(C)OC(=O)NCCCNc1ccc([N+](=O)[O-])c(Cl)c1. The zero-order chi connectivity index (χ0) is 16.8. The van der Waals surface area contributed by atoms with Gasteiger partial charge >= 0.3 is 6.09 Å². The maximum Gasteiger partial charge on any atom is 0.407 e. The van der Waals surface area contributed by atoms with E-state index in [9.17, 15) is 14.9 Å². The lowest BCUT2D eigenvalue weighted by Gasteiger charge is -2.19. The van der Waals surface area contributed by atoms with E-state index in [-0.39, 0.29) is 10.7 Å². The molecule has 0 saturated carbocycles. The van der Waals surface area contributed by atoms with Crippen LogP contribution in [0.15, 0.2) is 18.2 Å². The largest absolute Gasteiger partial charge is 0.444 e. The molecule has 0 spiro atoms. The molecule has 0 heterocycles. The van der Waals surface area contributed by atoms with Crippen molar-refractivity contribution in [1.82, 2.24) is 5.32 Å². The van der Waals surface area contributed by atoms with Gasteiger partial charge in [0.05, 0.1) is 4.92 Å². The molecule has 1 rings (SSSR count). The quantitative estimate of drug-likeness (QED) is 0.472. The van der Waals surface area contributed by atoms with Gasteiger partial charge in [-0.25, -0.2) is 4.79 Å². The average Bonchev–Trinajstić information content (AvgIpc) is 2.35. The molecule has 1 aromatic carbocycles. The second-order valence-electron chi connectivity index (χ2n) is 5.63. The first kappa shape index (κ1) is 18.0. The van der Waals surface area contributed by atoms with Gasteiger partial charge in [-0.2, -0.15) is 0 Å². The van der Waals surface area contributed by atoms with E-state index >= 15 is 0 Å². The van der Waals surface area contributed by atoms with E-state index in [2.05, 4.69) is 10.6 Å². The highest BCUT2D eigenvalue weighted by atomic mass is 35.5. The molecule has 0 fully saturated rings. The number of nitrogens with zero attached hydrogens (tertiary/aromatic N) is 1. The summed E-state index contributed by atoms with van der Waals surface area (Å²) in [6, 6.07) is 4.44. The second-order valence-corrected chi connectivity index (χ2v) is 6.04. The minimum absolute atomic E-state index is 0.0851. The molecule has 1 aromatic rings. The number of nitro groups is 1. The molecule has 22 heavy (non-hydrogen) atoms. The minimum atomic E-state index is -0.531. The molecule has 0 atom stereocenters. The van der Waals surface area contributed by atoms with E-state index in [4.69, 9.17) is 16.3 Å². The molecule has 0 aliphatic heterocycles. The molecule has 0 saturated heterocycles. The summed E-state index contributed by atoms with van der Waals surface area (Å²) >= 11 is 5.81. The highest BCUT2D eigenvalue weighted by molar-refractivity contribution is 6.32. The van der Waals surface area contributed by atoms with Crippen LogP contribution in [0.1, 0.15) is 27.2 Å². The van der Waals surface area contributed by atoms with Gasteiger partial charge in [0.25, 0.3) is 5.69 Å². The third-order valence-corrected chi connectivity index (χ3v) is 2.80. The molecule has 0 aliphatic carbocycles. The van der Waals surface area contributed by atoms with Crippen LogP contribution in [0, 0.1) is 10.1 Å². The Morgan fingerprint density at radius 2 is 2.05 bits per heavy atom. The fraction of sp³-hybridized carbons (Fsp3) is 0.500. The van der Waals surface area contributed by atoms with Gasteiger partial charge in [-0.15, -0.1) is 0 Å². The normalized spacial score (nSPS) is 10.9. The molecule has 8 heteroatoms. The van der Waals surface area contributed by atoms with Crippen LogP contribution >= 0.6 is 11.6 Å². The van der Waals surface area contributed by atoms with Crippen LogP contribution in [0.5, 0.6) is 0 Å². The first-order chi connectivity index (χ1) is 10.2. The first-order valence-electron chi connectivity index (χ1n) is 6.84. The molecule has 7 nitrogen and oxygen atoms in total. The summed E-state index contributed by atoms with van der Waals surface area (Å²) in [5.41, 5.74) is 0.0457. The smallest absolute Gasteiger partial charge is 0.407 e. The number of benzene rings is 1. The van der Waals surface area contributed by atoms with Gasteiger partial charge in [-0.05, 0) is 39.3 Å². The van der Waals surface area contributed by atoms with E-state index in [1.165, 1.54) is 12.1 Å². The number of carbonyl (C=O) groups is 1. The number of anilines is 1. The predicted octanol–water partition coefficient (Wildman–Crippen LogP) is 3.57. The van der Waals surface area contributed by atoms with Gasteiger partial charge in [0, 0.05) is 24.8 Å². The fourth-order valence-electron chi connectivity index (χ4n) is 1.59. The van der Waals surface area contributed by atoms with Crippen molar-refractivity contribution in [3.8, 4) is 0 Å². The molecular weight excluding hydrogens is 310 g/mol. The van der Waals surface area contributed by atoms with Crippen LogP contribution in [0.25, 0.3) is 0 Å². The Morgan fingerprint density at radius 3 is 2.59 bits per heavy atom. The number of alkyl carbamates (subject to hydrolysis) is 1. The fourth-order valence-corrected chi connectivity index (χ4v) is 1.84. The predicted molar refractivity (Wildman–Crippen MR) is 85.4 cm³/mol. The number of nitrogens with one attached hydrogen (secondary N) is 2. The molecular formula is C14H20ClN3O4. The van der Waals surface area contributed by atoms with Crippen molar-refractivity contribution in [3.05, 3.63) is 33.3 Å². The summed E-state index contributed by atoms with van der Waals surface area (Å²) in [4.78, 5) is 21.5. The van der Waals surface area contributed by atoms with Gasteiger partial charge in [0.2, 0.25) is 0 Å². The van der Waals surface area contributed by atoms with Crippen molar-refractivity contribution in [2.24, 2.45) is 0 Å². The molecule has 122 valence electrons. The van der Waals surface area contributed by atoms with Crippen LogP contribution in [0.3, 0.4) is 0 Å². The number of carbonyl (C=O) groups excluding carboxylic acids is 1. The van der Waals surface area contributed by atoms with Crippen LogP contribution in [-0.4, -0.2) is 29.7 Å². The Hall–Kier alpha value is -2.02. The first-order valence-corrected chi connectivity index (χ1v) is 7.21. The molecule has 0 radical (unpaired) electrons. The third-order valence-electron chi connectivity index (χ3n) is 2.50. The average molecular weight is 330 g/mol. The van der Waals surface area contributed by atoms with Crippen molar-refractivity contribution >= 4 is 29.1 Å². The van der Waals surface area contributed by atoms with Crippen LogP contribution in [0.2, 0.25) is 5.02 Å². The highest BCUT2D eigenvalue weighted by Gasteiger charge is 2.15. The lowest BCUT2D eigenvalue weighted by Crippen LogP contribution is -2.33. The zero-order valence-electron chi connectivity index (χ0n) is 12.8. The van der Waals surface area contributed by atoms with Crippen molar-refractivity contribution in [3.63, 3.8) is 0 Å². The number of ether oxygens (including phenoxy) is 1. The number of amides is 1. The lowest BCUT2D eigenvalue weighted by molar-refractivity contribution is -0.384. The molecule has 0 aromatic heterocycles. The van der Waals surface area contributed by atoms with Crippen molar-refractivity contribution in [2.75, 3.05) is 18.4 Å². The van der Waals surface area contributed by atoms with E-state index in [1.54, 1.807) is 26.8 Å². The Labute approximate surface area is 134 Å². The van der Waals surface area contributed by atoms with Gasteiger partial charge in [0.15, 0.2) is 0 Å². The molecule has 0 unspecified atom stereocenters. The van der Waals surface area contributed by atoms with E-state index in [0.29, 0.717) is 25.2 Å². The molecule has 0 bridgehead atoms. The Balaban J connectivity index is 2.29. The van der Waals surface area contributed by atoms with Crippen molar-refractivity contribution in [1.29, 1.82) is 0 Å². The van der Waals surface area contributed by atoms with E-state index in [0.717, 1.165) is 0 Å². The summed E-state index contributed by atoms with van der Waals surface area (Å²) < 4.78 is 5.10. The monoisotopic (exact) mass is 329 g/mol. The Bertz CT molecular complexity index is 543. The van der Waals surface area contributed by atoms with Gasteiger partial charge in [-0.1, -0.05) is 11.6 Å². The Kier molecular flexibility index (Phi) is 6.42. The lowest BCUT2D eigenvalue weighted by atomic mass is 10.2. The maximum absolute atomic E-state index is 11.4. The minimum Gasteiger partial charge on any atom is -0.444 e. The topological polar surface area (TPSA) is 93.5 Å². The van der Waals surface area contributed by atoms with Gasteiger partial charge < -0.3 is 15.4 Å². The third kappa shape index (κ3) is 6.62. The van der Waals surface area contributed by atoms with Crippen LogP contribution in [0.4, 0.5) is 16.2 Å². The summed E-state index contributed by atoms with van der Waals surface area (Å²) in [6.07, 6.45) is 0.222. The summed E-state index contributed by atoms with van der Waals surface area (Å²) in [5, 5.41) is 16.4.